The molecule has 9 heteroatoms. The van der Waals surface area contributed by atoms with Gasteiger partial charge in [-0.15, -0.1) is 0 Å². The predicted molar refractivity (Wildman–Crippen MR) is 180 cm³/mol. The van der Waals surface area contributed by atoms with Crippen molar-refractivity contribution in [3.63, 3.8) is 0 Å². The zero-order valence-electron chi connectivity index (χ0n) is 26.0. The topological polar surface area (TPSA) is 154 Å². The molecule has 0 aliphatic carbocycles. The predicted octanol–water partition coefficient (Wildman–Crippen LogP) is 4.95. The van der Waals surface area contributed by atoms with Gasteiger partial charge in [0.15, 0.2) is 0 Å². The van der Waals surface area contributed by atoms with Crippen molar-refractivity contribution in [2.45, 2.75) is 37.8 Å². The quantitative estimate of drug-likeness (QED) is 0.104. The summed E-state index contributed by atoms with van der Waals surface area (Å²) in [5, 5.41) is 16.1. The van der Waals surface area contributed by atoms with E-state index in [9.17, 15) is 14.4 Å². The highest BCUT2D eigenvalue weighted by Gasteiger charge is 2.37. The first-order valence-corrected chi connectivity index (χ1v) is 14.9. The van der Waals surface area contributed by atoms with Crippen molar-refractivity contribution in [1.29, 1.82) is 0 Å². The van der Waals surface area contributed by atoms with Gasteiger partial charge in [0.1, 0.15) is 11.8 Å². The Morgan fingerprint density at radius 1 is 0.804 bits per heavy atom. The van der Waals surface area contributed by atoms with E-state index >= 15 is 0 Å². The first kappa shape index (κ1) is 34.9. The number of H-pyrrole nitrogens is 1. The molecule has 0 aliphatic heterocycles. The number of amides is 2. The molecule has 0 saturated heterocycles. The van der Waals surface area contributed by atoms with Crippen LogP contribution >= 0.6 is 0 Å². The van der Waals surface area contributed by atoms with Crippen LogP contribution in [0.1, 0.15) is 42.0 Å². The third-order valence-corrected chi connectivity index (χ3v) is 7.30. The van der Waals surface area contributed by atoms with E-state index in [4.69, 9.17) is 15.6 Å². The van der Waals surface area contributed by atoms with Gasteiger partial charge in [0.05, 0.1) is 12.5 Å². The number of primary amides is 1. The minimum Gasteiger partial charge on any atom is -0.481 e. The SMILES string of the molecule is CC=O.CNC(Cc1c[nH]c2ccccc12)C(N)=O.O=C(O)CCC(=O)NC(c1ccccc1)(c1ccccc1)c1ccccc1. The highest BCUT2D eigenvalue weighted by atomic mass is 16.4. The second kappa shape index (κ2) is 17.7. The first-order chi connectivity index (χ1) is 22.3. The van der Waals surface area contributed by atoms with Gasteiger partial charge in [-0.1, -0.05) is 109 Å². The van der Waals surface area contributed by atoms with Gasteiger partial charge in [0.2, 0.25) is 11.8 Å². The molecule has 0 radical (unpaired) electrons. The molecule has 238 valence electrons. The number of rotatable bonds is 11. The zero-order valence-corrected chi connectivity index (χ0v) is 26.0. The zero-order chi connectivity index (χ0) is 33.4. The number of nitrogens with one attached hydrogen (secondary N) is 3. The molecule has 5 rings (SSSR count). The van der Waals surface area contributed by atoms with Crippen molar-refractivity contribution in [2.24, 2.45) is 5.73 Å². The van der Waals surface area contributed by atoms with Gasteiger partial charge >= 0.3 is 5.97 Å². The summed E-state index contributed by atoms with van der Waals surface area (Å²) in [6.45, 7) is 1.44. The van der Waals surface area contributed by atoms with Crippen LogP contribution in [0.3, 0.4) is 0 Å². The molecule has 4 aromatic carbocycles. The molecule has 0 saturated carbocycles. The fourth-order valence-electron chi connectivity index (χ4n) is 5.14. The van der Waals surface area contributed by atoms with Crippen LogP contribution in [0.4, 0.5) is 0 Å². The van der Waals surface area contributed by atoms with Crippen molar-refractivity contribution in [1.82, 2.24) is 15.6 Å². The smallest absolute Gasteiger partial charge is 0.303 e. The minimum absolute atomic E-state index is 0.0798. The van der Waals surface area contributed by atoms with E-state index in [0.29, 0.717) is 6.42 Å². The lowest BCUT2D eigenvalue weighted by Crippen LogP contribution is -2.47. The van der Waals surface area contributed by atoms with Crippen LogP contribution in [-0.2, 0) is 31.1 Å². The molecule has 0 spiro atoms. The number of hydrogen-bond acceptors (Lipinski definition) is 5. The van der Waals surface area contributed by atoms with Gasteiger partial charge in [-0.2, -0.15) is 0 Å². The second-order valence-electron chi connectivity index (χ2n) is 10.3. The molecule has 6 N–H and O–H groups in total. The number of fused-ring (bicyclic) bond motifs is 1. The Morgan fingerprint density at radius 2 is 1.26 bits per heavy atom. The van der Waals surface area contributed by atoms with Crippen LogP contribution in [0.25, 0.3) is 10.9 Å². The highest BCUT2D eigenvalue weighted by Crippen LogP contribution is 2.36. The third-order valence-electron chi connectivity index (χ3n) is 7.30. The molecule has 0 aliphatic rings. The number of carbonyl (C=O) groups excluding carboxylic acids is 3. The summed E-state index contributed by atoms with van der Waals surface area (Å²) < 4.78 is 0. The molecular formula is C37H40N4O5. The van der Waals surface area contributed by atoms with Crippen LogP contribution in [-0.4, -0.2) is 47.2 Å². The van der Waals surface area contributed by atoms with Gasteiger partial charge < -0.3 is 31.3 Å². The Hall–Kier alpha value is -5.54. The Bertz CT molecular complexity index is 1590. The summed E-state index contributed by atoms with van der Waals surface area (Å²) in [6, 6.07) is 36.9. The molecule has 9 nitrogen and oxygen atoms in total. The second-order valence-corrected chi connectivity index (χ2v) is 10.3. The van der Waals surface area contributed by atoms with E-state index in [-0.39, 0.29) is 30.7 Å². The lowest BCUT2D eigenvalue weighted by molar-refractivity contribution is -0.139. The summed E-state index contributed by atoms with van der Waals surface area (Å²) in [5.74, 6) is -1.63. The number of aliphatic carboxylic acids is 1. The van der Waals surface area contributed by atoms with Crippen LogP contribution in [0.5, 0.6) is 0 Å². The van der Waals surface area contributed by atoms with Crippen LogP contribution in [0, 0.1) is 0 Å². The molecule has 1 heterocycles. The molecular weight excluding hydrogens is 580 g/mol. The standard InChI is InChI=1S/C23H21NO3.C12H15N3O.C2H4O/c25-21(16-17-22(26)27)24-23(18-10-4-1-5-11-18,19-12-6-2-7-13-19)20-14-8-3-9-15-20;1-14-11(12(13)16)6-8-7-15-10-5-3-2-4-9(8)10;1-2-3/h1-15H,16-17H2,(H,24,25)(H,26,27);2-5,7,11,14-15H,6H2,1H3,(H2,13,16);2H,1H3. The van der Waals surface area contributed by atoms with Gasteiger partial charge in [-0.25, -0.2) is 0 Å². The number of carboxylic acids is 1. The lowest BCUT2D eigenvalue weighted by atomic mass is 9.77. The summed E-state index contributed by atoms with van der Waals surface area (Å²) in [6.07, 6.45) is 3.00. The molecule has 1 aromatic heterocycles. The number of likely N-dealkylation sites (N-methyl/N-ethyl adjacent to an activating group) is 1. The molecule has 1 atom stereocenters. The van der Waals surface area contributed by atoms with Gasteiger partial charge in [0, 0.05) is 23.5 Å². The highest BCUT2D eigenvalue weighted by molar-refractivity contribution is 5.85. The molecule has 5 aromatic rings. The number of benzene rings is 4. The monoisotopic (exact) mass is 620 g/mol. The average Bonchev–Trinajstić information content (AvgIpc) is 3.49. The van der Waals surface area contributed by atoms with E-state index in [1.54, 1.807) is 7.05 Å². The first-order valence-electron chi connectivity index (χ1n) is 14.9. The Kier molecular flexibility index (Phi) is 13.4. The lowest BCUT2D eigenvalue weighted by Gasteiger charge is -2.37. The van der Waals surface area contributed by atoms with Crippen LogP contribution in [0.2, 0.25) is 0 Å². The van der Waals surface area contributed by atoms with Gasteiger partial charge in [-0.3, -0.25) is 14.4 Å². The summed E-state index contributed by atoms with van der Waals surface area (Å²) >= 11 is 0. The van der Waals surface area contributed by atoms with Crippen molar-refractivity contribution in [3.8, 4) is 0 Å². The Labute approximate surface area is 268 Å². The number of carboxylic acid groups (broad SMARTS) is 1. The van der Waals surface area contributed by atoms with E-state index in [1.165, 1.54) is 6.92 Å². The average molecular weight is 621 g/mol. The van der Waals surface area contributed by atoms with Crippen molar-refractivity contribution in [3.05, 3.63) is 144 Å². The molecule has 2 amide bonds. The maximum absolute atomic E-state index is 12.7. The number of hydrogen-bond donors (Lipinski definition) is 5. The third kappa shape index (κ3) is 9.23. The number of carbonyl (C=O) groups is 4. The maximum Gasteiger partial charge on any atom is 0.303 e. The van der Waals surface area contributed by atoms with Crippen molar-refractivity contribution >= 4 is 35.0 Å². The molecule has 46 heavy (non-hydrogen) atoms. The number of nitrogens with two attached hydrogens (primary N) is 1. The summed E-state index contributed by atoms with van der Waals surface area (Å²) in [7, 11) is 1.74. The fraction of sp³-hybridized carbons (Fsp3) is 0.189. The molecule has 0 fully saturated rings. The molecule has 0 bridgehead atoms. The van der Waals surface area contributed by atoms with E-state index in [2.05, 4.69) is 15.6 Å². The Balaban J connectivity index is 0.000000257. The van der Waals surface area contributed by atoms with E-state index in [0.717, 1.165) is 39.4 Å². The van der Waals surface area contributed by atoms with Crippen LogP contribution in [0.15, 0.2) is 121 Å². The largest absolute Gasteiger partial charge is 0.481 e. The van der Waals surface area contributed by atoms with E-state index < -0.39 is 11.5 Å². The molecule has 1 unspecified atom stereocenters. The van der Waals surface area contributed by atoms with Crippen molar-refractivity contribution < 1.29 is 24.3 Å². The maximum atomic E-state index is 12.7. The van der Waals surface area contributed by atoms with E-state index in [1.807, 2.05) is 121 Å². The number of aromatic nitrogens is 1. The summed E-state index contributed by atoms with van der Waals surface area (Å²) in [4.78, 5) is 46.7. The Morgan fingerprint density at radius 3 is 1.70 bits per heavy atom. The fourth-order valence-corrected chi connectivity index (χ4v) is 5.14. The number of aromatic amines is 1. The van der Waals surface area contributed by atoms with Gasteiger partial charge in [0.25, 0.3) is 0 Å². The normalized spacial score (nSPS) is 11.2. The van der Waals surface area contributed by atoms with Gasteiger partial charge in [-0.05, 0) is 48.7 Å². The number of para-hydroxylation sites is 1. The summed E-state index contributed by atoms with van der Waals surface area (Å²) in [5.41, 5.74) is 9.30. The van der Waals surface area contributed by atoms with Crippen molar-refractivity contribution in [2.75, 3.05) is 7.05 Å². The minimum atomic E-state index is -0.991. The number of aldehydes is 1. The van der Waals surface area contributed by atoms with Crippen LogP contribution < -0.4 is 16.4 Å².